The summed E-state index contributed by atoms with van der Waals surface area (Å²) in [6.07, 6.45) is 4.18. The quantitative estimate of drug-likeness (QED) is 0.561. The van der Waals surface area contributed by atoms with Crippen LogP contribution in [0.4, 0.5) is 0 Å². The summed E-state index contributed by atoms with van der Waals surface area (Å²) in [7, 11) is -3.33. The number of hydrogen-bond acceptors (Lipinski definition) is 4. The molecule has 0 unspecified atom stereocenters. The summed E-state index contributed by atoms with van der Waals surface area (Å²) in [5, 5.41) is 13.7. The van der Waals surface area contributed by atoms with Gasteiger partial charge in [-0.1, -0.05) is 19.1 Å². The van der Waals surface area contributed by atoms with Gasteiger partial charge in [0.2, 0.25) is 0 Å². The van der Waals surface area contributed by atoms with Crippen LogP contribution in [0, 0.1) is 6.92 Å². The van der Waals surface area contributed by atoms with Gasteiger partial charge in [0.15, 0.2) is 9.84 Å². The molecule has 0 radical (unpaired) electrons. The van der Waals surface area contributed by atoms with Gasteiger partial charge in [0.25, 0.3) is 0 Å². The first-order chi connectivity index (χ1) is 13.7. The van der Waals surface area contributed by atoms with E-state index in [0.29, 0.717) is 12.8 Å². The Bertz CT molecular complexity index is 1160. The third-order valence-corrected chi connectivity index (χ3v) is 6.27. The smallest absolute Gasteiger partial charge is 0.303 e. The number of unbranched alkanes of at least 4 members (excludes halogenated alkanes) is 1. The number of aliphatic carboxylic acids is 1. The molecule has 0 amide bonds. The van der Waals surface area contributed by atoms with Crippen molar-refractivity contribution < 1.29 is 18.3 Å². The van der Waals surface area contributed by atoms with Crippen molar-refractivity contribution in [2.45, 2.75) is 50.8 Å². The van der Waals surface area contributed by atoms with Crippen molar-refractivity contribution in [2.24, 2.45) is 0 Å². The maximum atomic E-state index is 12.1. The standard InChI is InChI=1S/C22H26N2O4S/c1-4-17-12-13-20-22(16-8-7-9-18(14-16)29(3,27)28)19(15(2)23-24(17)20)10-5-6-11-21(25)26/h7-9,12-14H,4-6,10-11H2,1-3H3,(H,25,26). The van der Waals surface area contributed by atoms with Gasteiger partial charge in [0, 0.05) is 23.9 Å². The van der Waals surface area contributed by atoms with Crippen LogP contribution < -0.4 is 0 Å². The van der Waals surface area contributed by atoms with E-state index in [1.165, 1.54) is 6.26 Å². The average Bonchev–Trinajstić information content (AvgIpc) is 3.06. The fourth-order valence-corrected chi connectivity index (χ4v) is 4.35. The van der Waals surface area contributed by atoms with E-state index < -0.39 is 15.8 Å². The molecule has 1 N–H and O–H groups in total. The first kappa shape index (κ1) is 21.0. The minimum atomic E-state index is -3.33. The first-order valence-electron chi connectivity index (χ1n) is 9.74. The molecule has 0 saturated heterocycles. The highest BCUT2D eigenvalue weighted by Crippen LogP contribution is 2.33. The fraction of sp³-hybridized carbons (Fsp3) is 0.364. The van der Waals surface area contributed by atoms with E-state index in [4.69, 9.17) is 10.2 Å². The largest absolute Gasteiger partial charge is 0.481 e. The summed E-state index contributed by atoms with van der Waals surface area (Å²) in [6, 6.07) is 11.1. The second-order valence-electron chi connectivity index (χ2n) is 7.32. The van der Waals surface area contributed by atoms with Crippen LogP contribution in [0.15, 0.2) is 41.3 Å². The number of fused-ring (bicyclic) bond motifs is 1. The van der Waals surface area contributed by atoms with Gasteiger partial charge in [-0.2, -0.15) is 5.10 Å². The molecule has 0 aliphatic rings. The summed E-state index contributed by atoms with van der Waals surface area (Å²) in [5.74, 6) is -0.796. The molecule has 6 nitrogen and oxygen atoms in total. The summed E-state index contributed by atoms with van der Waals surface area (Å²) in [6.45, 7) is 4.03. The zero-order valence-corrected chi connectivity index (χ0v) is 17.8. The van der Waals surface area contributed by atoms with Crippen LogP contribution in [0.25, 0.3) is 16.6 Å². The Hall–Kier alpha value is -2.67. The second-order valence-corrected chi connectivity index (χ2v) is 9.33. The molecule has 154 valence electrons. The Kier molecular flexibility index (Phi) is 6.07. The molecule has 2 heterocycles. The van der Waals surface area contributed by atoms with E-state index >= 15 is 0 Å². The third-order valence-electron chi connectivity index (χ3n) is 5.16. The van der Waals surface area contributed by atoms with Crippen LogP contribution in [-0.2, 0) is 27.5 Å². The van der Waals surface area contributed by atoms with Gasteiger partial charge in [-0.15, -0.1) is 0 Å². The van der Waals surface area contributed by atoms with Crippen molar-refractivity contribution in [3.05, 3.63) is 53.3 Å². The Labute approximate surface area is 171 Å². The van der Waals surface area contributed by atoms with E-state index in [9.17, 15) is 13.2 Å². The summed E-state index contributed by atoms with van der Waals surface area (Å²) in [4.78, 5) is 11.1. The molecule has 0 bridgehead atoms. The lowest BCUT2D eigenvalue weighted by atomic mass is 9.95. The Morgan fingerprint density at radius 2 is 1.93 bits per heavy atom. The number of aromatic nitrogens is 2. The molecule has 29 heavy (non-hydrogen) atoms. The lowest BCUT2D eigenvalue weighted by Gasteiger charge is -2.16. The van der Waals surface area contributed by atoms with E-state index in [1.807, 2.05) is 29.6 Å². The van der Waals surface area contributed by atoms with Gasteiger partial charge < -0.3 is 5.11 Å². The molecule has 0 atom stereocenters. The van der Waals surface area contributed by atoms with Crippen LogP contribution >= 0.6 is 0 Å². The molecule has 0 aliphatic heterocycles. The Morgan fingerprint density at radius 3 is 2.59 bits per heavy atom. The van der Waals surface area contributed by atoms with E-state index in [1.54, 1.807) is 18.2 Å². The van der Waals surface area contributed by atoms with Crippen molar-refractivity contribution in [1.82, 2.24) is 9.61 Å². The van der Waals surface area contributed by atoms with Gasteiger partial charge >= 0.3 is 5.97 Å². The number of nitrogens with zero attached hydrogens (tertiary/aromatic N) is 2. The molecule has 0 spiro atoms. The lowest BCUT2D eigenvalue weighted by Crippen LogP contribution is -2.07. The molecule has 3 aromatic rings. The van der Waals surface area contributed by atoms with Crippen LogP contribution in [0.2, 0.25) is 0 Å². The van der Waals surface area contributed by atoms with Gasteiger partial charge in [-0.3, -0.25) is 4.79 Å². The molecule has 1 aromatic carbocycles. The van der Waals surface area contributed by atoms with Crippen molar-refractivity contribution in [2.75, 3.05) is 6.26 Å². The predicted octanol–water partition coefficient (Wildman–Crippen LogP) is 4.07. The van der Waals surface area contributed by atoms with Crippen LogP contribution in [0.3, 0.4) is 0 Å². The van der Waals surface area contributed by atoms with Crippen LogP contribution in [0.1, 0.15) is 43.1 Å². The van der Waals surface area contributed by atoms with Crippen LogP contribution in [-0.4, -0.2) is 35.4 Å². The third kappa shape index (κ3) is 4.50. The number of rotatable bonds is 8. The molecule has 0 saturated carbocycles. The number of hydrogen-bond donors (Lipinski definition) is 1. The normalized spacial score (nSPS) is 11.8. The Morgan fingerprint density at radius 1 is 1.17 bits per heavy atom. The highest BCUT2D eigenvalue weighted by molar-refractivity contribution is 7.90. The molecule has 0 fully saturated rings. The number of carbonyl (C=O) groups is 1. The van der Waals surface area contributed by atoms with Crippen molar-refractivity contribution >= 4 is 21.3 Å². The summed E-state index contributed by atoms with van der Waals surface area (Å²) in [5.41, 5.74) is 5.73. The van der Waals surface area contributed by atoms with Crippen molar-refractivity contribution in [3.8, 4) is 11.1 Å². The second kappa shape index (κ2) is 8.37. The van der Waals surface area contributed by atoms with E-state index in [2.05, 4.69) is 6.92 Å². The molecular formula is C22H26N2O4S. The maximum Gasteiger partial charge on any atom is 0.303 e. The maximum absolute atomic E-state index is 12.1. The molecule has 2 aromatic heterocycles. The number of benzene rings is 1. The highest BCUT2D eigenvalue weighted by atomic mass is 32.2. The first-order valence-corrected chi connectivity index (χ1v) is 11.6. The highest BCUT2D eigenvalue weighted by Gasteiger charge is 2.18. The SMILES string of the molecule is CCc1ccc2c(-c3cccc(S(C)(=O)=O)c3)c(CCCCC(=O)O)c(C)nn12. The number of aryl methyl sites for hydroxylation is 2. The van der Waals surface area contributed by atoms with Crippen molar-refractivity contribution in [1.29, 1.82) is 0 Å². The van der Waals surface area contributed by atoms with E-state index in [0.717, 1.165) is 46.4 Å². The number of sulfone groups is 1. The van der Waals surface area contributed by atoms with Gasteiger partial charge in [-0.05, 0) is 68.0 Å². The zero-order chi connectivity index (χ0) is 21.2. The number of carboxylic acids is 1. The van der Waals surface area contributed by atoms with Crippen LogP contribution in [0.5, 0.6) is 0 Å². The summed E-state index contributed by atoms with van der Waals surface area (Å²) < 4.78 is 26.1. The van der Waals surface area contributed by atoms with Crippen molar-refractivity contribution in [3.63, 3.8) is 0 Å². The minimum Gasteiger partial charge on any atom is -0.481 e. The molecule has 7 heteroatoms. The lowest BCUT2D eigenvalue weighted by molar-refractivity contribution is -0.137. The average molecular weight is 415 g/mol. The topological polar surface area (TPSA) is 88.7 Å². The molecular weight excluding hydrogens is 388 g/mol. The minimum absolute atomic E-state index is 0.138. The Balaban J connectivity index is 2.18. The molecule has 0 aliphatic carbocycles. The number of carboxylic acid groups (broad SMARTS) is 1. The fourth-order valence-electron chi connectivity index (χ4n) is 3.68. The van der Waals surface area contributed by atoms with Gasteiger partial charge in [0.05, 0.1) is 16.1 Å². The van der Waals surface area contributed by atoms with Gasteiger partial charge in [0.1, 0.15) is 0 Å². The monoisotopic (exact) mass is 414 g/mol. The summed E-state index contributed by atoms with van der Waals surface area (Å²) >= 11 is 0. The van der Waals surface area contributed by atoms with Gasteiger partial charge in [-0.25, -0.2) is 12.9 Å². The molecule has 3 rings (SSSR count). The zero-order valence-electron chi connectivity index (χ0n) is 17.0. The predicted molar refractivity (Wildman–Crippen MR) is 113 cm³/mol. The van der Waals surface area contributed by atoms with E-state index in [-0.39, 0.29) is 11.3 Å².